The number of carbonyl (C=O) groups is 2. The van der Waals surface area contributed by atoms with Crippen molar-refractivity contribution in [3.8, 4) is 5.75 Å². The number of hydrogen-bond acceptors (Lipinski definition) is 5. The van der Waals surface area contributed by atoms with Crippen LogP contribution in [0.25, 0.3) is 10.9 Å². The highest BCUT2D eigenvalue weighted by Crippen LogP contribution is 2.28. The molecule has 1 aromatic carbocycles. The number of aryl methyl sites for hydroxylation is 1. The van der Waals surface area contributed by atoms with Crippen molar-refractivity contribution in [1.29, 1.82) is 0 Å². The summed E-state index contributed by atoms with van der Waals surface area (Å²) < 4.78 is 12.0. The van der Waals surface area contributed by atoms with Crippen LogP contribution >= 0.6 is 0 Å². The molecule has 0 atom stereocenters. The lowest BCUT2D eigenvalue weighted by Gasteiger charge is -2.39. The molecule has 26 heavy (non-hydrogen) atoms. The molecule has 1 aliphatic rings. The van der Waals surface area contributed by atoms with E-state index in [-0.39, 0.29) is 6.09 Å². The summed E-state index contributed by atoms with van der Waals surface area (Å²) in [6.45, 7) is 9.31. The summed E-state index contributed by atoms with van der Waals surface area (Å²) in [4.78, 5) is 24.4. The monoisotopic (exact) mass is 361 g/mol. The van der Waals surface area contributed by atoms with Gasteiger partial charge < -0.3 is 19.5 Å². The number of amides is 1. The predicted octanol–water partition coefficient (Wildman–Crippen LogP) is 3.27. The maximum atomic E-state index is 12.0. The Morgan fingerprint density at radius 2 is 2.00 bits per heavy atom. The number of carbonyl (C=O) groups excluding carboxylic acids is 1. The lowest BCUT2D eigenvalue weighted by molar-refractivity contribution is -0.00381. The number of carboxylic acid groups (broad SMARTS) is 1. The van der Waals surface area contributed by atoms with E-state index >= 15 is 0 Å². The van der Waals surface area contributed by atoms with E-state index in [0.29, 0.717) is 31.3 Å². The van der Waals surface area contributed by atoms with Crippen LogP contribution in [0.3, 0.4) is 0 Å². The molecule has 8 heteroatoms. The summed E-state index contributed by atoms with van der Waals surface area (Å²) in [6, 6.07) is 3.35. The average molecular weight is 361 g/mol. The Morgan fingerprint density at radius 3 is 2.62 bits per heavy atom. The highest BCUT2D eigenvalue weighted by atomic mass is 16.7. The average Bonchev–Trinajstić information content (AvgIpc) is 2.86. The molecule has 0 bridgehead atoms. The molecule has 1 saturated heterocycles. The third-order valence-corrected chi connectivity index (χ3v) is 4.21. The van der Waals surface area contributed by atoms with E-state index in [4.69, 9.17) is 14.6 Å². The van der Waals surface area contributed by atoms with E-state index in [1.807, 2.05) is 31.6 Å². The van der Waals surface area contributed by atoms with Gasteiger partial charge in [0.15, 0.2) is 0 Å². The zero-order chi connectivity index (χ0) is 19.1. The SMILES string of the molecule is Cc1c(OC(=O)O)ccc2nn(CC3CN(C(=O)OC(C)(C)C)C3)cc12. The topological polar surface area (TPSA) is 93.9 Å². The Morgan fingerprint density at radius 1 is 1.31 bits per heavy atom. The number of likely N-dealkylation sites (tertiary alicyclic amines) is 1. The lowest BCUT2D eigenvalue weighted by Crippen LogP contribution is -2.52. The molecule has 3 rings (SSSR count). The molecule has 2 aromatic rings. The van der Waals surface area contributed by atoms with E-state index in [2.05, 4.69) is 5.10 Å². The Bertz CT molecular complexity index is 846. The van der Waals surface area contributed by atoms with Gasteiger partial charge in [-0.25, -0.2) is 9.59 Å². The molecule has 1 fully saturated rings. The molecule has 0 unspecified atom stereocenters. The minimum absolute atomic E-state index is 0.286. The molecule has 0 spiro atoms. The maximum Gasteiger partial charge on any atom is 0.511 e. The van der Waals surface area contributed by atoms with E-state index in [9.17, 15) is 9.59 Å². The minimum Gasteiger partial charge on any atom is -0.449 e. The fourth-order valence-corrected chi connectivity index (χ4v) is 2.98. The first-order valence-corrected chi connectivity index (χ1v) is 8.48. The molecule has 1 aliphatic heterocycles. The second-order valence-electron chi connectivity index (χ2n) is 7.59. The fraction of sp³-hybridized carbons (Fsp3) is 0.500. The van der Waals surface area contributed by atoms with Crippen molar-refractivity contribution in [2.75, 3.05) is 13.1 Å². The van der Waals surface area contributed by atoms with Crippen LogP contribution in [0.5, 0.6) is 5.75 Å². The number of ether oxygens (including phenoxy) is 2. The molecule has 0 aliphatic carbocycles. The second-order valence-corrected chi connectivity index (χ2v) is 7.59. The van der Waals surface area contributed by atoms with Crippen LogP contribution < -0.4 is 4.74 Å². The zero-order valence-electron chi connectivity index (χ0n) is 15.4. The smallest absolute Gasteiger partial charge is 0.449 e. The van der Waals surface area contributed by atoms with Crippen LogP contribution in [0.1, 0.15) is 26.3 Å². The van der Waals surface area contributed by atoms with E-state index in [0.717, 1.165) is 16.5 Å². The summed E-state index contributed by atoms with van der Waals surface area (Å²) >= 11 is 0. The van der Waals surface area contributed by atoms with Gasteiger partial charge in [0.1, 0.15) is 11.4 Å². The summed E-state index contributed by atoms with van der Waals surface area (Å²) in [7, 11) is 0. The minimum atomic E-state index is -1.34. The number of nitrogens with zero attached hydrogens (tertiary/aromatic N) is 3. The van der Waals surface area contributed by atoms with E-state index in [1.54, 1.807) is 24.0 Å². The Balaban J connectivity index is 1.63. The number of rotatable bonds is 3. The van der Waals surface area contributed by atoms with Gasteiger partial charge in [-0.3, -0.25) is 4.68 Å². The summed E-state index contributed by atoms with van der Waals surface area (Å²) in [5.74, 6) is 0.621. The van der Waals surface area contributed by atoms with E-state index < -0.39 is 11.8 Å². The maximum absolute atomic E-state index is 12.0. The van der Waals surface area contributed by atoms with Crippen LogP contribution in [-0.4, -0.2) is 50.7 Å². The predicted molar refractivity (Wildman–Crippen MR) is 94.4 cm³/mol. The Kier molecular flexibility index (Phi) is 4.52. The number of fused-ring (bicyclic) bond motifs is 1. The largest absolute Gasteiger partial charge is 0.511 e. The molecule has 0 saturated carbocycles. The van der Waals surface area contributed by atoms with Crippen molar-refractivity contribution in [2.24, 2.45) is 5.92 Å². The number of aromatic nitrogens is 2. The van der Waals surface area contributed by atoms with Crippen LogP contribution in [0, 0.1) is 12.8 Å². The molecule has 1 N–H and O–H groups in total. The van der Waals surface area contributed by atoms with Crippen LogP contribution in [0.15, 0.2) is 18.3 Å². The molecule has 1 aromatic heterocycles. The first kappa shape index (κ1) is 18.0. The van der Waals surface area contributed by atoms with Crippen molar-refractivity contribution in [3.05, 3.63) is 23.9 Å². The summed E-state index contributed by atoms with van der Waals surface area (Å²) in [5, 5.41) is 14.2. The van der Waals surface area contributed by atoms with Gasteiger partial charge in [0.2, 0.25) is 0 Å². The van der Waals surface area contributed by atoms with Crippen molar-refractivity contribution in [2.45, 2.75) is 39.8 Å². The fourth-order valence-electron chi connectivity index (χ4n) is 2.98. The second kappa shape index (κ2) is 6.51. The molecule has 140 valence electrons. The van der Waals surface area contributed by atoms with Crippen molar-refractivity contribution >= 4 is 23.2 Å². The quantitative estimate of drug-likeness (QED) is 0.666. The van der Waals surface area contributed by atoms with Gasteiger partial charge >= 0.3 is 12.2 Å². The number of benzene rings is 1. The molecular formula is C18H23N3O5. The normalized spacial score (nSPS) is 15.0. The Labute approximate surface area is 151 Å². The van der Waals surface area contributed by atoms with Crippen molar-refractivity contribution in [1.82, 2.24) is 14.7 Å². The first-order valence-electron chi connectivity index (χ1n) is 8.48. The first-order chi connectivity index (χ1) is 12.1. The molecule has 8 nitrogen and oxygen atoms in total. The van der Waals surface area contributed by atoms with E-state index in [1.165, 1.54) is 0 Å². The van der Waals surface area contributed by atoms with Crippen molar-refractivity contribution < 1.29 is 24.2 Å². The third kappa shape index (κ3) is 3.89. The number of hydrogen-bond donors (Lipinski definition) is 1. The highest BCUT2D eigenvalue weighted by molar-refractivity contribution is 5.84. The summed E-state index contributed by atoms with van der Waals surface area (Å²) in [6.07, 6.45) is 0.261. The molecule has 1 amide bonds. The Hall–Kier alpha value is -2.77. The lowest BCUT2D eigenvalue weighted by atomic mass is 10.0. The van der Waals surface area contributed by atoms with Gasteiger partial charge in [0, 0.05) is 42.7 Å². The van der Waals surface area contributed by atoms with Crippen LogP contribution in [0.4, 0.5) is 9.59 Å². The highest BCUT2D eigenvalue weighted by Gasteiger charge is 2.34. The summed E-state index contributed by atoms with van der Waals surface area (Å²) in [5.41, 5.74) is 1.03. The molecule has 2 heterocycles. The van der Waals surface area contributed by atoms with Gasteiger partial charge in [-0.1, -0.05) is 0 Å². The van der Waals surface area contributed by atoms with Crippen LogP contribution in [0.2, 0.25) is 0 Å². The van der Waals surface area contributed by atoms with Gasteiger partial charge in [-0.05, 0) is 39.8 Å². The van der Waals surface area contributed by atoms with Gasteiger partial charge in [-0.15, -0.1) is 0 Å². The van der Waals surface area contributed by atoms with Crippen LogP contribution in [-0.2, 0) is 11.3 Å². The van der Waals surface area contributed by atoms with Gasteiger partial charge in [-0.2, -0.15) is 5.10 Å². The van der Waals surface area contributed by atoms with Gasteiger partial charge in [0.05, 0.1) is 5.52 Å². The molecular weight excluding hydrogens is 338 g/mol. The third-order valence-electron chi connectivity index (χ3n) is 4.21. The molecule has 0 radical (unpaired) electrons. The standard InChI is InChI=1S/C18H23N3O5/c1-11-13-10-21(19-14(13)5-6-15(11)25-17(23)24)9-12-7-20(8-12)16(22)26-18(2,3)4/h5-6,10,12H,7-9H2,1-4H3,(H,23,24). The van der Waals surface area contributed by atoms with Gasteiger partial charge in [0.25, 0.3) is 0 Å². The zero-order valence-corrected chi connectivity index (χ0v) is 15.4. The van der Waals surface area contributed by atoms with Crippen molar-refractivity contribution in [3.63, 3.8) is 0 Å².